The van der Waals surface area contributed by atoms with Crippen molar-refractivity contribution in [3.63, 3.8) is 0 Å². The van der Waals surface area contributed by atoms with E-state index in [9.17, 15) is 5.11 Å². The molecule has 0 aliphatic rings. The van der Waals surface area contributed by atoms with E-state index in [2.05, 4.69) is 15.9 Å². The lowest BCUT2D eigenvalue weighted by Gasteiger charge is -2.07. The molecule has 0 fully saturated rings. The molecule has 0 aromatic carbocycles. The van der Waals surface area contributed by atoms with Gasteiger partial charge in [-0.3, -0.25) is 0 Å². The summed E-state index contributed by atoms with van der Waals surface area (Å²) in [4.78, 5) is 2.33. The van der Waals surface area contributed by atoms with Gasteiger partial charge in [0.2, 0.25) is 0 Å². The molecule has 0 amide bonds. The van der Waals surface area contributed by atoms with Crippen LogP contribution in [0.4, 0.5) is 0 Å². The van der Waals surface area contributed by atoms with Crippen LogP contribution in [0.5, 0.6) is 0 Å². The van der Waals surface area contributed by atoms with Gasteiger partial charge in [0.1, 0.15) is 6.10 Å². The van der Waals surface area contributed by atoms with Crippen molar-refractivity contribution >= 4 is 27.3 Å². The Morgan fingerprint density at radius 3 is 2.67 bits per heavy atom. The number of thiophene rings is 1. The van der Waals surface area contributed by atoms with Crippen LogP contribution in [0.2, 0.25) is 0 Å². The molecule has 1 N–H and O–H groups in total. The van der Waals surface area contributed by atoms with Gasteiger partial charge < -0.3 is 9.52 Å². The molecule has 15 heavy (non-hydrogen) atoms. The van der Waals surface area contributed by atoms with Crippen molar-refractivity contribution in [1.29, 1.82) is 0 Å². The number of furan rings is 1. The highest BCUT2D eigenvalue weighted by Gasteiger charge is 2.20. The van der Waals surface area contributed by atoms with Gasteiger partial charge in [-0.25, -0.2) is 0 Å². The predicted molar refractivity (Wildman–Crippen MR) is 64.3 cm³/mol. The van der Waals surface area contributed by atoms with E-state index in [4.69, 9.17) is 4.42 Å². The van der Waals surface area contributed by atoms with Crippen LogP contribution in [0.3, 0.4) is 0 Å². The van der Waals surface area contributed by atoms with E-state index in [1.54, 1.807) is 23.7 Å². The van der Waals surface area contributed by atoms with E-state index >= 15 is 0 Å². The Labute approximate surface area is 101 Å². The van der Waals surface area contributed by atoms with Gasteiger partial charge in [0.25, 0.3) is 0 Å². The first-order valence-electron chi connectivity index (χ1n) is 4.57. The van der Waals surface area contributed by atoms with Crippen LogP contribution in [0, 0.1) is 13.8 Å². The highest BCUT2D eigenvalue weighted by Crippen LogP contribution is 2.34. The molecule has 0 saturated heterocycles. The van der Waals surface area contributed by atoms with Crippen LogP contribution in [0.1, 0.15) is 27.2 Å². The molecule has 2 heterocycles. The smallest absolute Gasteiger partial charge is 0.150 e. The normalized spacial score (nSPS) is 13.1. The highest BCUT2D eigenvalue weighted by atomic mass is 79.9. The molecule has 0 aliphatic heterocycles. The summed E-state index contributed by atoms with van der Waals surface area (Å²) in [5.74, 6) is 0.566. The number of halogens is 1. The van der Waals surface area contributed by atoms with E-state index in [0.717, 1.165) is 14.9 Å². The fourth-order valence-electron chi connectivity index (χ4n) is 1.56. The van der Waals surface area contributed by atoms with Crippen molar-refractivity contribution in [3.8, 4) is 0 Å². The lowest BCUT2D eigenvalue weighted by molar-refractivity contribution is 0.188. The first-order chi connectivity index (χ1) is 7.09. The quantitative estimate of drug-likeness (QED) is 0.911. The second kappa shape index (κ2) is 4.12. The molecule has 2 aromatic heterocycles. The minimum atomic E-state index is -0.681. The molecule has 80 valence electrons. The summed E-state index contributed by atoms with van der Waals surface area (Å²) in [6.45, 7) is 4.04. The second-order valence-electron chi connectivity index (χ2n) is 3.40. The average Bonchev–Trinajstić information content (AvgIpc) is 2.71. The van der Waals surface area contributed by atoms with Crippen molar-refractivity contribution in [2.75, 3.05) is 0 Å². The van der Waals surface area contributed by atoms with E-state index in [1.807, 2.05) is 19.9 Å². The van der Waals surface area contributed by atoms with E-state index in [1.165, 1.54) is 4.88 Å². The Balaban J connectivity index is 2.40. The Bertz CT molecular complexity index is 473. The molecule has 0 radical (unpaired) electrons. The van der Waals surface area contributed by atoms with Gasteiger partial charge in [0.05, 0.1) is 10.7 Å². The summed E-state index contributed by atoms with van der Waals surface area (Å²) in [5, 5.41) is 10.1. The van der Waals surface area contributed by atoms with Crippen LogP contribution < -0.4 is 0 Å². The maximum Gasteiger partial charge on any atom is 0.150 e. The molecule has 4 heteroatoms. The topological polar surface area (TPSA) is 33.4 Å². The lowest BCUT2D eigenvalue weighted by atomic mass is 10.1. The van der Waals surface area contributed by atoms with Crippen molar-refractivity contribution in [2.45, 2.75) is 20.0 Å². The molecule has 2 nitrogen and oxygen atoms in total. The number of hydrogen-bond donors (Lipinski definition) is 1. The van der Waals surface area contributed by atoms with Gasteiger partial charge >= 0.3 is 0 Å². The molecule has 1 atom stereocenters. The van der Waals surface area contributed by atoms with E-state index in [-0.39, 0.29) is 0 Å². The first-order valence-corrected chi connectivity index (χ1v) is 6.18. The third kappa shape index (κ3) is 2.02. The standard InChI is InChI=1S/C11H11BrO2S/c1-6-5-8(7(2)15-6)10(13)11-9(12)3-4-14-11/h3-5,10,13H,1-2H3. The van der Waals surface area contributed by atoms with Gasteiger partial charge in [-0.15, -0.1) is 11.3 Å². The monoisotopic (exact) mass is 286 g/mol. The van der Waals surface area contributed by atoms with Gasteiger partial charge in [-0.05, 0) is 41.9 Å². The number of aryl methyl sites for hydroxylation is 2. The number of rotatable bonds is 2. The summed E-state index contributed by atoms with van der Waals surface area (Å²) in [5.41, 5.74) is 0.924. The van der Waals surface area contributed by atoms with Crippen molar-refractivity contribution in [2.24, 2.45) is 0 Å². The van der Waals surface area contributed by atoms with Crippen molar-refractivity contribution in [3.05, 3.63) is 43.9 Å². The first kappa shape index (κ1) is 10.9. The number of aliphatic hydroxyl groups is 1. The molecule has 1 unspecified atom stereocenters. The third-order valence-electron chi connectivity index (χ3n) is 2.27. The van der Waals surface area contributed by atoms with Crippen LogP contribution in [-0.2, 0) is 0 Å². The summed E-state index contributed by atoms with van der Waals surface area (Å²) in [6.07, 6.45) is 0.885. The lowest BCUT2D eigenvalue weighted by Crippen LogP contribution is -1.98. The van der Waals surface area contributed by atoms with E-state index in [0.29, 0.717) is 5.76 Å². The largest absolute Gasteiger partial charge is 0.465 e. The van der Waals surface area contributed by atoms with Gasteiger partial charge in [-0.2, -0.15) is 0 Å². The SMILES string of the molecule is Cc1cc(C(O)c2occc2Br)c(C)s1. The number of hydrogen-bond acceptors (Lipinski definition) is 3. The maximum absolute atomic E-state index is 10.1. The minimum Gasteiger partial charge on any atom is -0.465 e. The summed E-state index contributed by atoms with van der Waals surface area (Å²) >= 11 is 5.03. The van der Waals surface area contributed by atoms with Crippen LogP contribution in [0.15, 0.2) is 27.3 Å². The highest BCUT2D eigenvalue weighted by molar-refractivity contribution is 9.10. The van der Waals surface area contributed by atoms with Crippen molar-refractivity contribution in [1.82, 2.24) is 0 Å². The summed E-state index contributed by atoms with van der Waals surface area (Å²) < 4.78 is 6.06. The molecule has 0 bridgehead atoms. The second-order valence-corrected chi connectivity index (χ2v) is 5.72. The summed E-state index contributed by atoms with van der Waals surface area (Å²) in [7, 11) is 0. The zero-order valence-electron chi connectivity index (χ0n) is 8.45. The number of aliphatic hydroxyl groups excluding tert-OH is 1. The Hall–Kier alpha value is -0.580. The minimum absolute atomic E-state index is 0.566. The molecule has 0 saturated carbocycles. The van der Waals surface area contributed by atoms with Crippen LogP contribution >= 0.6 is 27.3 Å². The van der Waals surface area contributed by atoms with Gasteiger partial charge in [-0.1, -0.05) is 0 Å². The Morgan fingerprint density at radius 1 is 1.47 bits per heavy atom. The molecule has 0 aliphatic carbocycles. The van der Waals surface area contributed by atoms with E-state index < -0.39 is 6.10 Å². The average molecular weight is 287 g/mol. The van der Waals surface area contributed by atoms with Crippen LogP contribution in [-0.4, -0.2) is 5.11 Å². The molecule has 0 spiro atoms. The van der Waals surface area contributed by atoms with Gasteiger partial charge in [0.15, 0.2) is 5.76 Å². The zero-order chi connectivity index (χ0) is 11.0. The zero-order valence-corrected chi connectivity index (χ0v) is 10.9. The molecular weight excluding hydrogens is 276 g/mol. The predicted octanol–water partition coefficient (Wildman–Crippen LogP) is 3.80. The fraction of sp³-hybridized carbons (Fsp3) is 0.273. The Morgan fingerprint density at radius 2 is 2.20 bits per heavy atom. The fourth-order valence-corrected chi connectivity index (χ4v) is 2.94. The van der Waals surface area contributed by atoms with Crippen LogP contribution in [0.25, 0.3) is 0 Å². The molecule has 2 aromatic rings. The third-order valence-corrected chi connectivity index (χ3v) is 3.90. The summed E-state index contributed by atoms with van der Waals surface area (Å²) in [6, 6.07) is 3.78. The molecule has 2 rings (SSSR count). The van der Waals surface area contributed by atoms with Crippen molar-refractivity contribution < 1.29 is 9.52 Å². The van der Waals surface area contributed by atoms with Gasteiger partial charge in [0, 0.05) is 15.3 Å². The molecular formula is C11H11BrO2S. The maximum atomic E-state index is 10.1. The Kier molecular flexibility index (Phi) is 3.00.